The van der Waals surface area contributed by atoms with E-state index >= 15 is 0 Å². The summed E-state index contributed by atoms with van der Waals surface area (Å²) >= 11 is 0. The van der Waals surface area contributed by atoms with Gasteiger partial charge in [0, 0.05) is 12.6 Å². The molecule has 4 nitrogen and oxygen atoms in total. The van der Waals surface area contributed by atoms with E-state index in [1.54, 1.807) is 6.92 Å². The van der Waals surface area contributed by atoms with Gasteiger partial charge >= 0.3 is 0 Å². The number of hydrogen-bond acceptors (Lipinski definition) is 3. The first-order chi connectivity index (χ1) is 8.41. The minimum Gasteiger partial charge on any atom is -0.353 e. The topological polar surface area (TPSA) is 58.4 Å². The maximum atomic E-state index is 11.6. The summed E-state index contributed by atoms with van der Waals surface area (Å²) in [5.41, 5.74) is 5.57. The van der Waals surface area contributed by atoms with Crippen LogP contribution in [0.25, 0.3) is 0 Å². The van der Waals surface area contributed by atoms with Gasteiger partial charge < -0.3 is 11.1 Å². The zero-order valence-corrected chi connectivity index (χ0v) is 12.3. The number of nitrogens with one attached hydrogen (secondary N) is 1. The molecular formula is C14H29N3O. The SMILES string of the molecule is CC1CCN(C(CNC(=O)C(C)N)C(C)C)CC1. The van der Waals surface area contributed by atoms with Gasteiger partial charge in [-0.2, -0.15) is 0 Å². The molecule has 0 aromatic heterocycles. The van der Waals surface area contributed by atoms with E-state index in [0.717, 1.165) is 19.0 Å². The van der Waals surface area contributed by atoms with Crippen LogP contribution >= 0.6 is 0 Å². The highest BCUT2D eigenvalue weighted by molar-refractivity contribution is 5.80. The van der Waals surface area contributed by atoms with Crippen molar-refractivity contribution >= 4 is 5.91 Å². The van der Waals surface area contributed by atoms with E-state index in [-0.39, 0.29) is 5.91 Å². The van der Waals surface area contributed by atoms with Crippen molar-refractivity contribution in [3.63, 3.8) is 0 Å². The minimum absolute atomic E-state index is 0.0500. The molecule has 1 saturated heterocycles. The molecular weight excluding hydrogens is 226 g/mol. The molecule has 106 valence electrons. The van der Waals surface area contributed by atoms with E-state index in [1.807, 2.05) is 0 Å². The van der Waals surface area contributed by atoms with Crippen molar-refractivity contribution in [2.24, 2.45) is 17.6 Å². The summed E-state index contributed by atoms with van der Waals surface area (Å²) in [5, 5.41) is 2.97. The fourth-order valence-corrected chi connectivity index (χ4v) is 2.51. The van der Waals surface area contributed by atoms with Crippen LogP contribution in [-0.4, -0.2) is 42.5 Å². The Morgan fingerprint density at radius 1 is 1.33 bits per heavy atom. The number of nitrogens with two attached hydrogens (primary N) is 1. The highest BCUT2D eigenvalue weighted by atomic mass is 16.2. The molecule has 4 heteroatoms. The lowest BCUT2D eigenvalue weighted by molar-refractivity contribution is -0.122. The average molecular weight is 255 g/mol. The third-order valence-corrected chi connectivity index (χ3v) is 3.96. The molecule has 1 fully saturated rings. The van der Waals surface area contributed by atoms with E-state index in [9.17, 15) is 4.79 Å². The van der Waals surface area contributed by atoms with Crippen LogP contribution < -0.4 is 11.1 Å². The number of hydrogen-bond donors (Lipinski definition) is 2. The van der Waals surface area contributed by atoms with Crippen LogP contribution in [-0.2, 0) is 4.79 Å². The highest BCUT2D eigenvalue weighted by Crippen LogP contribution is 2.20. The summed E-state index contributed by atoms with van der Waals surface area (Å²) in [7, 11) is 0. The molecule has 1 heterocycles. The lowest BCUT2D eigenvalue weighted by Crippen LogP contribution is -2.51. The van der Waals surface area contributed by atoms with Crippen LogP contribution in [0.1, 0.15) is 40.5 Å². The number of carbonyl (C=O) groups is 1. The number of nitrogens with zero attached hydrogens (tertiary/aromatic N) is 1. The van der Waals surface area contributed by atoms with Gasteiger partial charge in [-0.05, 0) is 44.7 Å². The van der Waals surface area contributed by atoms with Crippen LogP contribution in [0.2, 0.25) is 0 Å². The molecule has 3 N–H and O–H groups in total. The molecule has 0 bridgehead atoms. The van der Waals surface area contributed by atoms with E-state index in [0.29, 0.717) is 18.5 Å². The van der Waals surface area contributed by atoms with E-state index in [2.05, 4.69) is 31.0 Å². The van der Waals surface area contributed by atoms with Gasteiger partial charge in [-0.25, -0.2) is 0 Å². The van der Waals surface area contributed by atoms with Gasteiger partial charge in [-0.1, -0.05) is 20.8 Å². The average Bonchev–Trinajstić information content (AvgIpc) is 2.30. The number of amides is 1. The summed E-state index contributed by atoms with van der Waals surface area (Å²) in [6.45, 7) is 11.5. The quantitative estimate of drug-likeness (QED) is 0.776. The van der Waals surface area contributed by atoms with Crippen molar-refractivity contribution in [1.82, 2.24) is 10.2 Å². The largest absolute Gasteiger partial charge is 0.353 e. The number of likely N-dealkylation sites (tertiary alicyclic amines) is 1. The van der Waals surface area contributed by atoms with Crippen molar-refractivity contribution < 1.29 is 4.79 Å². The number of rotatable bonds is 5. The third kappa shape index (κ3) is 4.58. The second kappa shape index (κ2) is 7.10. The Balaban J connectivity index is 2.47. The molecule has 0 aliphatic carbocycles. The first-order valence-electron chi connectivity index (χ1n) is 7.19. The van der Waals surface area contributed by atoms with Crippen LogP contribution in [0.3, 0.4) is 0 Å². The monoisotopic (exact) mass is 255 g/mol. The Hall–Kier alpha value is -0.610. The molecule has 1 amide bonds. The second-order valence-electron chi connectivity index (χ2n) is 6.06. The van der Waals surface area contributed by atoms with Crippen molar-refractivity contribution in [2.45, 2.75) is 52.6 Å². The maximum Gasteiger partial charge on any atom is 0.236 e. The van der Waals surface area contributed by atoms with E-state index in [1.165, 1.54) is 12.8 Å². The summed E-state index contributed by atoms with van der Waals surface area (Å²) in [6.07, 6.45) is 2.54. The summed E-state index contributed by atoms with van der Waals surface area (Å²) in [5.74, 6) is 1.34. The zero-order chi connectivity index (χ0) is 13.7. The Morgan fingerprint density at radius 3 is 2.33 bits per heavy atom. The number of carbonyl (C=O) groups excluding carboxylic acids is 1. The smallest absolute Gasteiger partial charge is 0.236 e. The molecule has 1 rings (SSSR count). The fraction of sp³-hybridized carbons (Fsp3) is 0.929. The van der Waals surface area contributed by atoms with E-state index in [4.69, 9.17) is 5.73 Å². The Labute approximate surface area is 111 Å². The van der Waals surface area contributed by atoms with Crippen molar-refractivity contribution in [3.8, 4) is 0 Å². The highest BCUT2D eigenvalue weighted by Gasteiger charge is 2.26. The third-order valence-electron chi connectivity index (χ3n) is 3.96. The van der Waals surface area contributed by atoms with Crippen molar-refractivity contribution in [2.75, 3.05) is 19.6 Å². The fourth-order valence-electron chi connectivity index (χ4n) is 2.51. The molecule has 0 aromatic carbocycles. The van der Waals surface area contributed by atoms with Crippen molar-refractivity contribution in [3.05, 3.63) is 0 Å². The molecule has 1 aliphatic heterocycles. The molecule has 0 radical (unpaired) electrons. The van der Waals surface area contributed by atoms with Gasteiger partial charge in [-0.3, -0.25) is 9.69 Å². The summed E-state index contributed by atoms with van der Waals surface area (Å²) < 4.78 is 0. The van der Waals surface area contributed by atoms with Crippen LogP contribution in [0.15, 0.2) is 0 Å². The van der Waals surface area contributed by atoms with Gasteiger partial charge in [0.15, 0.2) is 0 Å². The summed E-state index contributed by atoms with van der Waals surface area (Å²) in [4.78, 5) is 14.1. The lowest BCUT2D eigenvalue weighted by atomic mass is 9.94. The normalized spacial score (nSPS) is 21.9. The van der Waals surface area contributed by atoms with Gasteiger partial charge in [-0.15, -0.1) is 0 Å². The van der Waals surface area contributed by atoms with Crippen LogP contribution in [0.5, 0.6) is 0 Å². The molecule has 0 spiro atoms. The van der Waals surface area contributed by atoms with Crippen LogP contribution in [0, 0.1) is 11.8 Å². The molecule has 1 aliphatic rings. The Kier molecular flexibility index (Phi) is 6.09. The van der Waals surface area contributed by atoms with Gasteiger partial charge in [0.1, 0.15) is 0 Å². The van der Waals surface area contributed by atoms with E-state index < -0.39 is 6.04 Å². The van der Waals surface area contributed by atoms with Gasteiger partial charge in [0.2, 0.25) is 5.91 Å². The standard InChI is InChI=1S/C14H29N3O/c1-10(2)13(9-16-14(18)12(4)15)17-7-5-11(3)6-8-17/h10-13H,5-9,15H2,1-4H3,(H,16,18). The van der Waals surface area contributed by atoms with Gasteiger partial charge in [0.25, 0.3) is 0 Å². The summed E-state index contributed by atoms with van der Waals surface area (Å²) in [6, 6.07) is 0.0133. The Bertz CT molecular complexity index is 258. The first-order valence-corrected chi connectivity index (χ1v) is 7.19. The predicted molar refractivity (Wildman–Crippen MR) is 75.3 cm³/mol. The minimum atomic E-state index is -0.417. The predicted octanol–water partition coefficient (Wildman–Crippen LogP) is 1.21. The Morgan fingerprint density at radius 2 is 1.89 bits per heavy atom. The maximum absolute atomic E-state index is 11.6. The first kappa shape index (κ1) is 15.4. The second-order valence-corrected chi connectivity index (χ2v) is 6.06. The molecule has 2 atom stereocenters. The molecule has 0 saturated carbocycles. The molecule has 0 aromatic rings. The lowest BCUT2D eigenvalue weighted by Gasteiger charge is -2.39. The van der Waals surface area contributed by atoms with Gasteiger partial charge in [0.05, 0.1) is 6.04 Å². The number of piperidine rings is 1. The van der Waals surface area contributed by atoms with Crippen LogP contribution in [0.4, 0.5) is 0 Å². The zero-order valence-electron chi connectivity index (χ0n) is 12.3. The van der Waals surface area contributed by atoms with Crippen molar-refractivity contribution in [1.29, 1.82) is 0 Å². The molecule has 18 heavy (non-hydrogen) atoms. The molecule has 2 unspecified atom stereocenters.